The molecule has 4 aliphatic rings. The largest absolute Gasteiger partial charge is 0.455 e. The van der Waals surface area contributed by atoms with E-state index in [0.717, 1.165) is 25.0 Å². The van der Waals surface area contributed by atoms with Crippen molar-refractivity contribution in [1.82, 2.24) is 0 Å². The molecule has 0 radical (unpaired) electrons. The predicted octanol–water partition coefficient (Wildman–Crippen LogP) is 7.67. The van der Waals surface area contributed by atoms with Crippen molar-refractivity contribution >= 4 is 16.6 Å². The van der Waals surface area contributed by atoms with Gasteiger partial charge in [0.25, 0.3) is 0 Å². The molecule has 4 bridgehead atoms. The van der Waals surface area contributed by atoms with Crippen molar-refractivity contribution in [2.75, 3.05) is 13.2 Å². The van der Waals surface area contributed by atoms with Crippen molar-refractivity contribution in [3.63, 3.8) is 0 Å². The molecular formula is C26H50O3Si2. The van der Waals surface area contributed by atoms with Crippen molar-refractivity contribution < 1.29 is 13.6 Å². The fraction of sp³-hybridized carbons (Fsp3) is 1.00. The fourth-order valence-corrected chi connectivity index (χ4v) is 20.0. The van der Waals surface area contributed by atoms with Gasteiger partial charge in [-0.15, -0.1) is 0 Å². The molecule has 3 nitrogen and oxygen atoms in total. The minimum atomic E-state index is -1.88. The second-order valence-corrected chi connectivity index (χ2v) is 21.3. The Kier molecular flexibility index (Phi) is 7.22. The van der Waals surface area contributed by atoms with Crippen LogP contribution in [0.2, 0.25) is 37.3 Å². The van der Waals surface area contributed by atoms with Gasteiger partial charge in [-0.2, -0.15) is 0 Å². The van der Waals surface area contributed by atoms with Crippen molar-refractivity contribution in [1.29, 1.82) is 0 Å². The lowest BCUT2D eigenvalue weighted by Gasteiger charge is -2.50. The second kappa shape index (κ2) is 9.16. The van der Waals surface area contributed by atoms with E-state index >= 15 is 0 Å². The minimum absolute atomic E-state index is 0.143. The van der Waals surface area contributed by atoms with Crippen molar-refractivity contribution in [2.24, 2.45) is 11.8 Å². The monoisotopic (exact) mass is 466 g/mol. The van der Waals surface area contributed by atoms with Crippen LogP contribution in [0.3, 0.4) is 0 Å². The molecule has 0 aromatic carbocycles. The van der Waals surface area contributed by atoms with Crippen LogP contribution >= 0.6 is 0 Å². The molecule has 180 valence electrons. The molecule has 0 aromatic heterocycles. The summed E-state index contributed by atoms with van der Waals surface area (Å²) in [6.07, 6.45) is 15.5. The van der Waals surface area contributed by atoms with Gasteiger partial charge in [-0.1, -0.05) is 26.7 Å². The quantitative estimate of drug-likeness (QED) is 0.218. The highest BCUT2D eigenvalue weighted by Crippen LogP contribution is 2.63. The van der Waals surface area contributed by atoms with E-state index in [0.29, 0.717) is 11.1 Å². The van der Waals surface area contributed by atoms with Crippen LogP contribution in [0.4, 0.5) is 0 Å². The standard InChI is InChI=1S/C26H50O3Si2/c1-7-9-15-27-25-13-11-21(19-25)17-23(25)30(3,4)29-31(5,6)24-18-22-12-14-26(24,20-22)28-16-10-8-2/h21-24H,7-20H2,1-6H3. The van der Waals surface area contributed by atoms with Crippen LogP contribution in [-0.2, 0) is 13.6 Å². The molecule has 0 N–H and O–H groups in total. The molecule has 5 heteroatoms. The number of fused-ring (bicyclic) bond motifs is 4. The van der Waals surface area contributed by atoms with Crippen molar-refractivity contribution in [2.45, 2.75) is 139 Å². The molecule has 0 saturated heterocycles. The van der Waals surface area contributed by atoms with E-state index in [4.69, 9.17) is 13.6 Å². The van der Waals surface area contributed by atoms with Crippen LogP contribution in [0.15, 0.2) is 0 Å². The van der Waals surface area contributed by atoms with E-state index in [-0.39, 0.29) is 11.2 Å². The number of rotatable bonds is 12. The molecule has 31 heavy (non-hydrogen) atoms. The zero-order valence-corrected chi connectivity index (χ0v) is 23.4. The fourth-order valence-electron chi connectivity index (χ4n) is 8.37. The maximum atomic E-state index is 7.48. The zero-order chi connectivity index (χ0) is 22.3. The molecule has 0 aromatic rings. The predicted molar refractivity (Wildman–Crippen MR) is 135 cm³/mol. The van der Waals surface area contributed by atoms with Crippen molar-refractivity contribution in [3.8, 4) is 0 Å². The minimum Gasteiger partial charge on any atom is -0.455 e. The highest BCUT2D eigenvalue weighted by molar-refractivity contribution is 6.86. The first kappa shape index (κ1) is 24.4. The highest BCUT2D eigenvalue weighted by Gasteiger charge is 2.63. The van der Waals surface area contributed by atoms with E-state index in [1.165, 1.54) is 77.0 Å². The van der Waals surface area contributed by atoms with E-state index in [1.807, 2.05) is 0 Å². The lowest BCUT2D eigenvalue weighted by molar-refractivity contribution is -0.0439. The van der Waals surface area contributed by atoms with Crippen molar-refractivity contribution in [3.05, 3.63) is 0 Å². The lowest BCUT2D eigenvalue weighted by atomic mass is 9.96. The molecule has 0 amide bonds. The summed E-state index contributed by atoms with van der Waals surface area (Å²) in [6.45, 7) is 16.6. The third-order valence-electron chi connectivity index (χ3n) is 9.61. The normalized spacial score (nSPS) is 39.7. The summed E-state index contributed by atoms with van der Waals surface area (Å²) in [4.78, 5) is 0. The first-order valence-electron chi connectivity index (χ1n) is 13.6. The maximum Gasteiger partial charge on any atom is 0.179 e. The molecule has 0 spiro atoms. The van der Waals surface area contributed by atoms with Gasteiger partial charge in [0, 0.05) is 24.3 Å². The molecule has 4 aliphatic carbocycles. The van der Waals surface area contributed by atoms with Crippen LogP contribution in [0.25, 0.3) is 0 Å². The lowest BCUT2D eigenvalue weighted by Crippen LogP contribution is -2.57. The van der Waals surface area contributed by atoms with Crippen LogP contribution in [0.5, 0.6) is 0 Å². The Hall–Kier alpha value is 0.314. The Morgan fingerprint density at radius 2 is 1.13 bits per heavy atom. The Morgan fingerprint density at radius 3 is 1.48 bits per heavy atom. The third-order valence-corrected chi connectivity index (χ3v) is 18.7. The summed E-state index contributed by atoms with van der Waals surface area (Å²) in [7, 11) is -3.75. The number of hydrogen-bond acceptors (Lipinski definition) is 3. The highest BCUT2D eigenvalue weighted by atomic mass is 28.4. The first-order chi connectivity index (χ1) is 14.7. The van der Waals surface area contributed by atoms with Gasteiger partial charge in [0.1, 0.15) is 0 Å². The van der Waals surface area contributed by atoms with Crippen LogP contribution in [0.1, 0.15) is 90.9 Å². The summed E-state index contributed by atoms with van der Waals surface area (Å²) in [5.74, 6) is 1.77. The second-order valence-electron chi connectivity index (χ2n) is 12.6. The topological polar surface area (TPSA) is 27.7 Å². The molecule has 6 atom stereocenters. The summed E-state index contributed by atoms with van der Waals surface area (Å²) >= 11 is 0. The van der Waals surface area contributed by atoms with Crippen LogP contribution in [-0.4, -0.2) is 41.1 Å². The average Bonchev–Trinajstić information content (AvgIpc) is 3.46. The van der Waals surface area contributed by atoms with E-state index < -0.39 is 16.6 Å². The summed E-state index contributed by atoms with van der Waals surface area (Å²) in [6, 6.07) is 0. The molecule has 4 fully saturated rings. The summed E-state index contributed by atoms with van der Waals surface area (Å²) < 4.78 is 21.0. The van der Waals surface area contributed by atoms with Gasteiger partial charge in [0.15, 0.2) is 16.6 Å². The SMILES string of the molecule is CCCCOC12CCC(CC1[Si](C)(C)O[Si](C)(C)C1CC3CCC1(OCCCC)C3)C2. The molecule has 0 aliphatic heterocycles. The van der Waals surface area contributed by atoms with Crippen LogP contribution in [0, 0.1) is 11.8 Å². The summed E-state index contributed by atoms with van der Waals surface area (Å²) in [5.41, 5.74) is 1.64. The Bertz CT molecular complexity index is 572. The number of hydrogen-bond donors (Lipinski definition) is 0. The molecule has 4 saturated carbocycles. The third kappa shape index (κ3) is 4.65. The van der Waals surface area contributed by atoms with Gasteiger partial charge in [0.05, 0.1) is 11.2 Å². The van der Waals surface area contributed by atoms with Gasteiger partial charge in [0.2, 0.25) is 0 Å². The van der Waals surface area contributed by atoms with Gasteiger partial charge < -0.3 is 13.6 Å². The number of ether oxygens (including phenoxy) is 2. The number of unbranched alkanes of at least 4 members (excludes halogenated alkanes) is 2. The van der Waals surface area contributed by atoms with E-state index in [1.54, 1.807) is 0 Å². The zero-order valence-electron chi connectivity index (χ0n) is 21.4. The summed E-state index contributed by atoms with van der Waals surface area (Å²) in [5, 5.41) is 0. The van der Waals surface area contributed by atoms with E-state index in [2.05, 4.69) is 40.0 Å². The Balaban J connectivity index is 1.48. The smallest absolute Gasteiger partial charge is 0.179 e. The maximum absolute atomic E-state index is 7.48. The Morgan fingerprint density at radius 1 is 0.710 bits per heavy atom. The Labute approximate surface area is 194 Å². The van der Waals surface area contributed by atoms with Gasteiger partial charge in [-0.3, -0.25) is 0 Å². The average molecular weight is 467 g/mol. The molecule has 0 heterocycles. The van der Waals surface area contributed by atoms with Gasteiger partial charge in [-0.25, -0.2) is 0 Å². The van der Waals surface area contributed by atoms with Gasteiger partial charge >= 0.3 is 0 Å². The van der Waals surface area contributed by atoms with Crippen LogP contribution < -0.4 is 0 Å². The van der Waals surface area contributed by atoms with E-state index in [9.17, 15) is 0 Å². The first-order valence-corrected chi connectivity index (χ1v) is 19.6. The molecule has 6 unspecified atom stereocenters. The molecular weight excluding hydrogens is 416 g/mol. The molecule has 4 rings (SSSR count). The van der Waals surface area contributed by atoms with Gasteiger partial charge in [-0.05, 0) is 102 Å².